The average molecular weight is 527 g/mol. The summed E-state index contributed by atoms with van der Waals surface area (Å²) in [6.45, 7) is 5.79. The number of carbonyl (C=O) groups is 1. The van der Waals surface area contributed by atoms with Crippen molar-refractivity contribution in [2.75, 3.05) is 83.9 Å². The number of aromatic nitrogens is 4. The molecular weight excluding hydrogens is 490 g/mol. The summed E-state index contributed by atoms with van der Waals surface area (Å²) in [5.74, 6) is 0.101. The van der Waals surface area contributed by atoms with E-state index in [1.54, 1.807) is 30.4 Å². The lowest BCUT2D eigenvalue weighted by atomic mass is 10.2. The van der Waals surface area contributed by atoms with Crippen molar-refractivity contribution in [2.45, 2.75) is 13.0 Å². The van der Waals surface area contributed by atoms with Crippen LogP contribution in [0, 0.1) is 4.91 Å². The lowest BCUT2D eigenvalue weighted by Crippen LogP contribution is -2.47. The number of anilines is 2. The van der Waals surface area contributed by atoms with Gasteiger partial charge in [-0.25, -0.2) is 9.82 Å². The third-order valence-electron chi connectivity index (χ3n) is 6.57. The molecule has 2 aromatic heterocycles. The smallest absolute Gasteiger partial charge is 0.323 e. The number of hydrogen-bond donors (Lipinski definition) is 1. The van der Waals surface area contributed by atoms with Crippen molar-refractivity contribution < 1.29 is 19.7 Å². The van der Waals surface area contributed by atoms with Crippen molar-refractivity contribution in [2.24, 2.45) is 0 Å². The molecular formula is C25H36N9O4+. The number of imidazole rings is 1. The van der Waals surface area contributed by atoms with Crippen LogP contribution >= 0.6 is 0 Å². The van der Waals surface area contributed by atoms with E-state index in [1.807, 2.05) is 16.7 Å². The molecule has 0 atom stereocenters. The summed E-state index contributed by atoms with van der Waals surface area (Å²) >= 11 is 0. The Hall–Kier alpha value is -3.84. The molecule has 0 bridgehead atoms. The van der Waals surface area contributed by atoms with E-state index in [2.05, 4.69) is 33.8 Å². The molecule has 0 saturated carbocycles. The summed E-state index contributed by atoms with van der Waals surface area (Å²) in [6.07, 6.45) is 2.81. The second kappa shape index (κ2) is 12.1. The minimum atomic E-state index is -0.949. The Morgan fingerprint density at radius 2 is 1.82 bits per heavy atom. The van der Waals surface area contributed by atoms with Crippen LogP contribution in [-0.2, 0) is 16.2 Å². The molecule has 0 spiro atoms. The van der Waals surface area contributed by atoms with Gasteiger partial charge in [0.1, 0.15) is 6.54 Å². The predicted molar refractivity (Wildman–Crippen MR) is 144 cm³/mol. The van der Waals surface area contributed by atoms with E-state index in [4.69, 9.17) is 14.8 Å². The second-order valence-corrected chi connectivity index (χ2v) is 9.73. The zero-order valence-electron chi connectivity index (χ0n) is 22.4. The molecule has 1 aromatic carbocycles. The SMILES string of the molecule is CO[N+](=O)c1ccc(Cn2cnc3c(N(C)CC(=O)O)nc(N4CCN(CCCN(C)C)CC4)nc32)cc1. The normalized spacial score (nSPS) is 14.3. The summed E-state index contributed by atoms with van der Waals surface area (Å²) in [5, 5.41) is 9.38. The van der Waals surface area contributed by atoms with Crippen molar-refractivity contribution in [1.82, 2.24) is 29.3 Å². The van der Waals surface area contributed by atoms with E-state index in [0.717, 1.165) is 51.3 Å². The van der Waals surface area contributed by atoms with Crippen LogP contribution in [0.2, 0.25) is 0 Å². The minimum absolute atomic E-state index is 0.204. The quantitative estimate of drug-likeness (QED) is 0.345. The third-order valence-corrected chi connectivity index (χ3v) is 6.57. The number of benzene rings is 1. The number of nitrogens with zero attached hydrogens (tertiary/aromatic N) is 9. The molecule has 1 aliphatic rings. The first-order valence-electron chi connectivity index (χ1n) is 12.6. The molecule has 0 aliphatic carbocycles. The van der Waals surface area contributed by atoms with Gasteiger partial charge in [0.25, 0.3) is 4.92 Å². The zero-order chi connectivity index (χ0) is 27.2. The number of piperazine rings is 1. The highest BCUT2D eigenvalue weighted by Crippen LogP contribution is 2.26. The molecule has 3 aromatic rings. The van der Waals surface area contributed by atoms with Crippen LogP contribution in [0.5, 0.6) is 0 Å². The summed E-state index contributed by atoms with van der Waals surface area (Å²) in [6, 6.07) is 7.07. The highest BCUT2D eigenvalue weighted by molar-refractivity contribution is 5.87. The van der Waals surface area contributed by atoms with Gasteiger partial charge in [-0.3, -0.25) is 9.69 Å². The van der Waals surface area contributed by atoms with Gasteiger partial charge in [-0.1, -0.05) is 12.1 Å². The molecule has 38 heavy (non-hydrogen) atoms. The Balaban J connectivity index is 1.59. The number of rotatable bonds is 12. The molecule has 204 valence electrons. The molecule has 0 radical (unpaired) electrons. The van der Waals surface area contributed by atoms with E-state index in [1.165, 1.54) is 7.11 Å². The number of fused-ring (bicyclic) bond motifs is 1. The number of carboxylic acid groups (broad SMARTS) is 1. The number of hydrogen-bond acceptors (Lipinski definition) is 10. The van der Waals surface area contributed by atoms with Gasteiger partial charge < -0.3 is 24.4 Å². The summed E-state index contributed by atoms with van der Waals surface area (Å²) in [5.41, 5.74) is 2.52. The molecule has 3 heterocycles. The first kappa shape index (κ1) is 27.2. The van der Waals surface area contributed by atoms with Crippen LogP contribution in [0.3, 0.4) is 0 Å². The molecule has 1 aliphatic heterocycles. The van der Waals surface area contributed by atoms with Crippen LogP contribution in [0.1, 0.15) is 12.0 Å². The zero-order valence-corrected chi connectivity index (χ0v) is 22.4. The lowest BCUT2D eigenvalue weighted by molar-refractivity contribution is -0.736. The topological polar surface area (TPSA) is 123 Å². The fraction of sp³-hybridized carbons (Fsp3) is 0.520. The van der Waals surface area contributed by atoms with Gasteiger partial charge in [-0.15, -0.1) is 0 Å². The number of likely N-dealkylation sites (N-methyl/N-ethyl adjacent to an activating group) is 1. The Morgan fingerprint density at radius 1 is 1.11 bits per heavy atom. The van der Waals surface area contributed by atoms with E-state index in [-0.39, 0.29) is 6.54 Å². The molecule has 0 amide bonds. The van der Waals surface area contributed by atoms with Crippen molar-refractivity contribution in [3.63, 3.8) is 0 Å². The van der Waals surface area contributed by atoms with Gasteiger partial charge in [0.15, 0.2) is 24.1 Å². The second-order valence-electron chi connectivity index (χ2n) is 9.73. The van der Waals surface area contributed by atoms with Crippen molar-refractivity contribution in [1.29, 1.82) is 0 Å². The average Bonchev–Trinajstić information content (AvgIpc) is 3.30. The molecule has 13 heteroatoms. The predicted octanol–water partition coefficient (Wildman–Crippen LogP) is 1.44. The maximum absolute atomic E-state index is 11.7. The number of carboxylic acids is 1. The van der Waals surface area contributed by atoms with Crippen LogP contribution in [-0.4, -0.2) is 119 Å². The van der Waals surface area contributed by atoms with Gasteiger partial charge in [0.05, 0.1) is 17.8 Å². The van der Waals surface area contributed by atoms with Crippen molar-refractivity contribution in [3.8, 4) is 0 Å². The molecule has 1 saturated heterocycles. The first-order valence-corrected chi connectivity index (χ1v) is 12.6. The van der Waals surface area contributed by atoms with E-state index < -0.39 is 5.97 Å². The maximum Gasteiger partial charge on any atom is 0.323 e. The Kier molecular flexibility index (Phi) is 8.69. The molecule has 0 unspecified atom stereocenters. The van der Waals surface area contributed by atoms with Gasteiger partial charge in [-0.05, 0) is 39.2 Å². The Bertz CT molecular complexity index is 1250. The van der Waals surface area contributed by atoms with E-state index in [0.29, 0.717) is 40.1 Å². The first-order chi connectivity index (χ1) is 18.2. The van der Waals surface area contributed by atoms with Gasteiger partial charge in [0, 0.05) is 45.4 Å². The van der Waals surface area contributed by atoms with Gasteiger partial charge in [-0.2, -0.15) is 9.97 Å². The van der Waals surface area contributed by atoms with Crippen molar-refractivity contribution >= 4 is 34.6 Å². The number of aliphatic carboxylic acids is 1. The van der Waals surface area contributed by atoms with Gasteiger partial charge >= 0.3 is 11.7 Å². The lowest BCUT2D eigenvalue weighted by Gasteiger charge is -2.35. The third kappa shape index (κ3) is 6.53. The largest absolute Gasteiger partial charge is 0.480 e. The van der Waals surface area contributed by atoms with Crippen LogP contribution in [0.15, 0.2) is 30.6 Å². The minimum Gasteiger partial charge on any atom is -0.480 e. The summed E-state index contributed by atoms with van der Waals surface area (Å²) in [4.78, 5) is 50.9. The van der Waals surface area contributed by atoms with E-state index in [9.17, 15) is 14.8 Å². The summed E-state index contributed by atoms with van der Waals surface area (Å²) in [7, 11) is 7.20. The fourth-order valence-corrected chi connectivity index (χ4v) is 4.53. The summed E-state index contributed by atoms with van der Waals surface area (Å²) < 4.78 is 1.91. The van der Waals surface area contributed by atoms with Crippen LogP contribution < -0.4 is 9.80 Å². The van der Waals surface area contributed by atoms with Crippen molar-refractivity contribution in [3.05, 3.63) is 41.1 Å². The molecule has 4 rings (SSSR count). The Labute approximate surface area is 221 Å². The monoisotopic (exact) mass is 526 g/mol. The molecule has 1 N–H and O–H groups in total. The Morgan fingerprint density at radius 3 is 2.45 bits per heavy atom. The van der Waals surface area contributed by atoms with Gasteiger partial charge in [0.2, 0.25) is 5.95 Å². The highest BCUT2D eigenvalue weighted by atomic mass is 16.8. The standard InChI is InChI=1S/C25H35N9O4/c1-29(2)10-5-11-31-12-14-32(15-13-31)25-27-23(30(3)17-21(35)36)22-24(28-25)33(18-26-22)16-19-6-8-20(9-7-19)34(37)38-4/h6-9,18H,5,10-17H2,1-4H3/p+1. The van der Waals surface area contributed by atoms with E-state index >= 15 is 0 Å². The van der Waals surface area contributed by atoms with Crippen LogP contribution in [0.25, 0.3) is 11.2 Å². The van der Waals surface area contributed by atoms with Crippen LogP contribution in [0.4, 0.5) is 17.5 Å². The molecule has 13 nitrogen and oxygen atoms in total. The highest BCUT2D eigenvalue weighted by Gasteiger charge is 2.24. The fourth-order valence-electron chi connectivity index (χ4n) is 4.53. The molecule has 1 fully saturated rings. The maximum atomic E-state index is 11.7.